The van der Waals surface area contributed by atoms with Crippen molar-refractivity contribution < 1.29 is 42.1 Å². The predicted molar refractivity (Wildman–Crippen MR) is 206 cm³/mol. The van der Waals surface area contributed by atoms with E-state index in [1.54, 1.807) is 0 Å². The summed E-state index contributed by atoms with van der Waals surface area (Å²) in [6.45, 7) is 4.28. The third kappa shape index (κ3) is 35.8. The molecule has 0 bridgehead atoms. The summed E-state index contributed by atoms with van der Waals surface area (Å²) < 4.78 is 34.0. The van der Waals surface area contributed by atoms with Crippen molar-refractivity contribution in [2.24, 2.45) is 0 Å². The van der Waals surface area contributed by atoms with Gasteiger partial charge in [-0.3, -0.25) is 18.6 Å². The Labute approximate surface area is 305 Å². The van der Waals surface area contributed by atoms with E-state index in [9.17, 15) is 19.0 Å². The van der Waals surface area contributed by atoms with E-state index in [0.29, 0.717) is 23.9 Å². The van der Waals surface area contributed by atoms with Crippen LogP contribution in [0.25, 0.3) is 0 Å². The van der Waals surface area contributed by atoms with Gasteiger partial charge in [-0.1, -0.05) is 127 Å². The van der Waals surface area contributed by atoms with Gasteiger partial charge in [0.2, 0.25) is 0 Å². The number of carbonyl (C=O) groups excluding carboxylic acids is 2. The largest absolute Gasteiger partial charge is 0.472 e. The Bertz CT molecular complexity index is 1000. The van der Waals surface area contributed by atoms with Gasteiger partial charge in [0, 0.05) is 12.8 Å². The molecule has 0 aliphatic carbocycles. The lowest BCUT2D eigenvalue weighted by Gasteiger charge is -2.24. The Morgan fingerprint density at radius 2 is 1.10 bits per heavy atom. The molecule has 0 heterocycles. The summed E-state index contributed by atoms with van der Waals surface area (Å²) in [4.78, 5) is 35.1. The second kappa shape index (κ2) is 32.8. The fourth-order valence-corrected chi connectivity index (χ4v) is 5.51. The Hall–Kier alpha value is -2.03. The Kier molecular flexibility index (Phi) is 31.5. The highest BCUT2D eigenvalue weighted by atomic mass is 31.2. The number of unbranched alkanes of at least 4 members (excludes halogenated alkanes) is 12. The van der Waals surface area contributed by atoms with Crippen molar-refractivity contribution in [3.8, 4) is 0 Å². The van der Waals surface area contributed by atoms with Crippen molar-refractivity contribution in [2.75, 3.05) is 47.5 Å². The monoisotopic (exact) mass is 727 g/mol. The highest BCUT2D eigenvalue weighted by Crippen LogP contribution is 2.43. The first-order valence-corrected chi connectivity index (χ1v) is 20.9. The highest BCUT2D eigenvalue weighted by Gasteiger charge is 2.27. The van der Waals surface area contributed by atoms with Crippen LogP contribution in [-0.2, 0) is 32.7 Å². The number of nitrogens with zero attached hydrogens (tertiary/aromatic N) is 1. The molecule has 0 aromatic carbocycles. The zero-order chi connectivity index (χ0) is 37.2. The van der Waals surface area contributed by atoms with Crippen molar-refractivity contribution in [3.05, 3.63) is 48.6 Å². The third-order valence-electron chi connectivity index (χ3n) is 7.86. The molecule has 0 aromatic heterocycles. The summed E-state index contributed by atoms with van der Waals surface area (Å²) in [5.41, 5.74) is 0. The van der Waals surface area contributed by atoms with E-state index in [1.807, 2.05) is 21.1 Å². The number of esters is 2. The summed E-state index contributed by atoms with van der Waals surface area (Å²) in [6.07, 6.45) is 36.0. The lowest BCUT2D eigenvalue weighted by Crippen LogP contribution is -2.37. The van der Waals surface area contributed by atoms with Gasteiger partial charge in [0.05, 0.1) is 27.7 Å². The first-order valence-electron chi connectivity index (χ1n) is 19.4. The SMILES string of the molecule is CCCCC/C=C\C/C=C\C/C=C\C/C=C\CCCC(=O)OC[C@H](COP(=O)(O)OCC[N+](C)(C)C)OC(=O)CCCCCCCCCCC. The quantitative estimate of drug-likeness (QED) is 0.0230. The van der Waals surface area contributed by atoms with Gasteiger partial charge in [0.1, 0.15) is 19.8 Å². The molecule has 9 nitrogen and oxygen atoms in total. The van der Waals surface area contributed by atoms with Crippen molar-refractivity contribution >= 4 is 19.8 Å². The van der Waals surface area contributed by atoms with Crippen LogP contribution in [0.3, 0.4) is 0 Å². The Morgan fingerprint density at radius 1 is 0.620 bits per heavy atom. The van der Waals surface area contributed by atoms with Crippen LogP contribution in [0.1, 0.15) is 142 Å². The lowest BCUT2D eigenvalue weighted by atomic mass is 10.1. The molecule has 50 heavy (non-hydrogen) atoms. The van der Waals surface area contributed by atoms with E-state index >= 15 is 0 Å². The number of quaternary nitrogens is 1. The third-order valence-corrected chi connectivity index (χ3v) is 8.85. The van der Waals surface area contributed by atoms with Gasteiger partial charge < -0.3 is 18.9 Å². The minimum absolute atomic E-state index is 0.0226. The number of hydrogen-bond acceptors (Lipinski definition) is 7. The summed E-state index contributed by atoms with van der Waals surface area (Å²) in [5.74, 6) is -0.871. The molecule has 0 saturated heterocycles. The van der Waals surface area contributed by atoms with E-state index in [0.717, 1.165) is 44.9 Å². The average molecular weight is 727 g/mol. The number of likely N-dealkylation sites (N-methyl/N-ethyl adjacent to an activating group) is 1. The maximum Gasteiger partial charge on any atom is 0.472 e. The second-order valence-corrected chi connectivity index (χ2v) is 15.4. The molecule has 0 radical (unpaired) electrons. The van der Waals surface area contributed by atoms with E-state index in [2.05, 4.69) is 62.5 Å². The van der Waals surface area contributed by atoms with Crippen LogP contribution < -0.4 is 0 Å². The van der Waals surface area contributed by atoms with Gasteiger partial charge in [0.15, 0.2) is 6.10 Å². The zero-order valence-electron chi connectivity index (χ0n) is 32.4. The topological polar surface area (TPSA) is 108 Å². The first kappa shape index (κ1) is 48.0. The standard InChI is InChI=1S/C40H72NO8P/c1-6-8-10-12-14-16-17-18-19-20-21-22-23-25-26-28-30-32-39(42)46-36-38(37-48-50(44,45)47-35-34-41(3,4)5)49-40(43)33-31-29-27-24-15-13-11-9-7-2/h14,16,18-19,21-22,25-26,38H,6-13,15,17,20,23-24,27-37H2,1-5H3/p+1/b16-14-,19-18-,22-21-,26-25-/t38-/m1/s1. The van der Waals surface area contributed by atoms with Crippen molar-refractivity contribution in [3.63, 3.8) is 0 Å². The van der Waals surface area contributed by atoms with Gasteiger partial charge >= 0.3 is 19.8 Å². The van der Waals surface area contributed by atoms with E-state index in [4.69, 9.17) is 18.5 Å². The van der Waals surface area contributed by atoms with Crippen LogP contribution in [0.2, 0.25) is 0 Å². The van der Waals surface area contributed by atoms with E-state index in [1.165, 1.54) is 57.8 Å². The zero-order valence-corrected chi connectivity index (χ0v) is 33.3. The van der Waals surface area contributed by atoms with Crippen molar-refractivity contribution in [1.82, 2.24) is 0 Å². The summed E-state index contributed by atoms with van der Waals surface area (Å²) in [6, 6.07) is 0. The minimum Gasteiger partial charge on any atom is -0.462 e. The van der Waals surface area contributed by atoms with E-state index in [-0.39, 0.29) is 26.1 Å². The number of allylic oxidation sites excluding steroid dienone is 8. The van der Waals surface area contributed by atoms with Crippen LogP contribution in [0.5, 0.6) is 0 Å². The Balaban J connectivity index is 4.49. The summed E-state index contributed by atoms with van der Waals surface area (Å²) in [5, 5.41) is 0. The van der Waals surface area contributed by atoms with Gasteiger partial charge in [-0.15, -0.1) is 0 Å². The molecule has 0 saturated carbocycles. The fourth-order valence-electron chi connectivity index (χ4n) is 4.77. The molecule has 2 atom stereocenters. The van der Waals surface area contributed by atoms with Crippen molar-refractivity contribution in [1.29, 1.82) is 0 Å². The molecule has 0 fully saturated rings. The molecule has 0 aliphatic rings. The van der Waals surface area contributed by atoms with Crippen LogP contribution in [0, 0.1) is 0 Å². The van der Waals surface area contributed by atoms with Crippen LogP contribution in [0.15, 0.2) is 48.6 Å². The minimum atomic E-state index is -4.38. The molecule has 0 aromatic rings. The smallest absolute Gasteiger partial charge is 0.462 e. The number of phosphoric acid groups is 1. The number of rotatable bonds is 34. The number of ether oxygens (including phenoxy) is 2. The highest BCUT2D eigenvalue weighted by molar-refractivity contribution is 7.47. The van der Waals surface area contributed by atoms with Crippen LogP contribution >= 0.6 is 7.82 Å². The lowest BCUT2D eigenvalue weighted by molar-refractivity contribution is -0.870. The maximum absolute atomic E-state index is 12.6. The normalized spacial score (nSPS) is 14.3. The first-order chi connectivity index (χ1) is 24.0. The van der Waals surface area contributed by atoms with Crippen molar-refractivity contribution in [2.45, 2.75) is 148 Å². The molecule has 1 N–H and O–H groups in total. The molecule has 1 unspecified atom stereocenters. The Morgan fingerprint density at radius 3 is 1.66 bits per heavy atom. The average Bonchev–Trinajstić information content (AvgIpc) is 3.06. The molecule has 0 rings (SSSR count). The summed E-state index contributed by atoms with van der Waals surface area (Å²) in [7, 11) is 1.44. The molecular formula is C40H73NO8P+. The second-order valence-electron chi connectivity index (χ2n) is 14.0. The van der Waals surface area contributed by atoms with Gasteiger partial charge in [-0.05, 0) is 51.4 Å². The molecule has 290 valence electrons. The fraction of sp³-hybridized carbons (Fsp3) is 0.750. The maximum atomic E-state index is 12.6. The number of carbonyl (C=O) groups is 2. The molecule has 0 aliphatic heterocycles. The molecular weight excluding hydrogens is 653 g/mol. The summed E-state index contributed by atoms with van der Waals surface area (Å²) >= 11 is 0. The van der Waals surface area contributed by atoms with Crippen LogP contribution in [0.4, 0.5) is 0 Å². The molecule has 0 spiro atoms. The van der Waals surface area contributed by atoms with Gasteiger partial charge in [-0.2, -0.15) is 0 Å². The number of hydrogen-bond donors (Lipinski definition) is 1. The van der Waals surface area contributed by atoms with Gasteiger partial charge in [-0.25, -0.2) is 4.57 Å². The van der Waals surface area contributed by atoms with E-state index < -0.39 is 32.5 Å². The molecule has 10 heteroatoms. The number of phosphoric ester groups is 1. The van der Waals surface area contributed by atoms with Crippen LogP contribution in [-0.4, -0.2) is 74.9 Å². The van der Waals surface area contributed by atoms with Gasteiger partial charge in [0.25, 0.3) is 0 Å². The predicted octanol–water partition coefficient (Wildman–Crippen LogP) is 10.3. The molecule has 0 amide bonds.